The van der Waals surface area contributed by atoms with Crippen LogP contribution >= 0.6 is 0 Å². The molecule has 0 aliphatic carbocycles. The first-order valence-electron chi connectivity index (χ1n) is 10.7. The summed E-state index contributed by atoms with van der Waals surface area (Å²) in [6.45, 7) is 10.7. The van der Waals surface area contributed by atoms with Crippen LogP contribution in [-0.4, -0.2) is 57.1 Å². The largest absolute Gasteiger partial charge is 0.433 e. The van der Waals surface area contributed by atoms with E-state index in [2.05, 4.69) is 19.9 Å². The molecule has 0 bridgehead atoms. The van der Waals surface area contributed by atoms with Crippen molar-refractivity contribution in [2.24, 2.45) is 0 Å². The predicted molar refractivity (Wildman–Crippen MR) is 119 cm³/mol. The van der Waals surface area contributed by atoms with Gasteiger partial charge in [-0.15, -0.1) is 0 Å². The Kier molecular flexibility index (Phi) is 7.11. The Labute approximate surface area is 189 Å². The van der Waals surface area contributed by atoms with Gasteiger partial charge in [-0.3, -0.25) is 19.2 Å². The minimum atomic E-state index is -4.53. The van der Waals surface area contributed by atoms with Crippen molar-refractivity contribution in [3.05, 3.63) is 62.3 Å². The summed E-state index contributed by atoms with van der Waals surface area (Å²) in [6, 6.07) is 2.33. The van der Waals surface area contributed by atoms with Crippen LogP contribution < -0.4 is 16.1 Å². The van der Waals surface area contributed by atoms with E-state index in [0.717, 1.165) is 11.6 Å². The molecule has 0 unspecified atom stereocenters. The SMILES string of the molecule is CC(=CCN1CCN(c2cc(C(F)(F)F)nc(C(C)(C)C)n2)CC1)Cn1ccc(=O)[nH]c1=O. The monoisotopic (exact) mass is 466 g/mol. The van der Waals surface area contributed by atoms with Gasteiger partial charge in [-0.25, -0.2) is 14.8 Å². The molecule has 2 aromatic heterocycles. The number of hydrogen-bond acceptors (Lipinski definition) is 6. The van der Waals surface area contributed by atoms with Crippen molar-refractivity contribution in [1.29, 1.82) is 0 Å². The van der Waals surface area contributed by atoms with E-state index >= 15 is 0 Å². The molecule has 1 fully saturated rings. The molecule has 0 radical (unpaired) electrons. The Morgan fingerprint density at radius 1 is 1.12 bits per heavy atom. The average Bonchev–Trinajstić information content (AvgIpc) is 2.73. The summed E-state index contributed by atoms with van der Waals surface area (Å²) in [5, 5.41) is 0. The van der Waals surface area contributed by atoms with E-state index in [4.69, 9.17) is 0 Å². The second kappa shape index (κ2) is 9.50. The minimum absolute atomic E-state index is 0.172. The zero-order valence-corrected chi connectivity index (χ0v) is 19.2. The second-order valence-corrected chi connectivity index (χ2v) is 9.26. The minimum Gasteiger partial charge on any atom is -0.354 e. The summed E-state index contributed by atoms with van der Waals surface area (Å²) in [6.07, 6.45) is -1.06. The molecular weight excluding hydrogens is 437 g/mol. The van der Waals surface area contributed by atoms with Crippen LogP contribution in [0.15, 0.2) is 39.6 Å². The van der Waals surface area contributed by atoms with Crippen LogP contribution in [0.4, 0.5) is 19.0 Å². The van der Waals surface area contributed by atoms with E-state index in [1.54, 1.807) is 20.8 Å². The standard InChI is InChI=1S/C22H29F3N6O2/c1-15(14-31-8-6-18(32)28-20(31)33)5-7-29-9-11-30(12-10-29)17-13-16(22(23,24)25)26-19(27-17)21(2,3)4/h5-6,8,13H,7,9-12,14H2,1-4H3,(H,28,32,33). The third-order valence-electron chi connectivity index (χ3n) is 5.38. The fourth-order valence-electron chi connectivity index (χ4n) is 3.42. The lowest BCUT2D eigenvalue weighted by Crippen LogP contribution is -2.47. The van der Waals surface area contributed by atoms with Gasteiger partial charge in [-0.1, -0.05) is 32.4 Å². The number of aromatic amines is 1. The van der Waals surface area contributed by atoms with Gasteiger partial charge >= 0.3 is 11.9 Å². The summed E-state index contributed by atoms with van der Waals surface area (Å²) in [5.74, 6) is 0.469. The van der Waals surface area contributed by atoms with Crippen LogP contribution in [0, 0.1) is 0 Å². The quantitative estimate of drug-likeness (QED) is 0.681. The van der Waals surface area contributed by atoms with Crippen molar-refractivity contribution in [2.75, 3.05) is 37.6 Å². The van der Waals surface area contributed by atoms with Crippen molar-refractivity contribution < 1.29 is 13.2 Å². The highest BCUT2D eigenvalue weighted by Gasteiger charge is 2.35. The van der Waals surface area contributed by atoms with E-state index in [9.17, 15) is 22.8 Å². The maximum absolute atomic E-state index is 13.4. The first kappa shape index (κ1) is 24.7. The van der Waals surface area contributed by atoms with Gasteiger partial charge in [0, 0.05) is 63.0 Å². The predicted octanol–water partition coefficient (Wildman–Crippen LogP) is 2.41. The molecular formula is C22H29F3N6O2. The number of aromatic nitrogens is 4. The number of nitrogens with one attached hydrogen (secondary N) is 1. The van der Waals surface area contributed by atoms with Crippen molar-refractivity contribution in [3.63, 3.8) is 0 Å². The molecule has 0 atom stereocenters. The number of hydrogen-bond donors (Lipinski definition) is 1. The Bertz CT molecular complexity index is 1090. The van der Waals surface area contributed by atoms with Crippen LogP contribution in [0.3, 0.4) is 0 Å². The number of nitrogens with zero attached hydrogens (tertiary/aromatic N) is 5. The van der Waals surface area contributed by atoms with Crippen molar-refractivity contribution in [3.8, 4) is 0 Å². The highest BCUT2D eigenvalue weighted by molar-refractivity contribution is 5.42. The highest BCUT2D eigenvalue weighted by atomic mass is 19.4. The van der Waals surface area contributed by atoms with Crippen LogP contribution in [0.5, 0.6) is 0 Å². The first-order valence-corrected chi connectivity index (χ1v) is 10.7. The molecule has 0 saturated carbocycles. The Morgan fingerprint density at radius 3 is 2.36 bits per heavy atom. The fourth-order valence-corrected chi connectivity index (χ4v) is 3.42. The van der Waals surface area contributed by atoms with Crippen LogP contribution in [0.25, 0.3) is 0 Å². The van der Waals surface area contributed by atoms with Gasteiger partial charge in [0.05, 0.1) is 0 Å². The van der Waals surface area contributed by atoms with Gasteiger partial charge < -0.3 is 4.90 Å². The van der Waals surface area contributed by atoms with Gasteiger partial charge in [0.1, 0.15) is 17.3 Å². The molecule has 3 heterocycles. The molecule has 11 heteroatoms. The second-order valence-electron chi connectivity index (χ2n) is 9.26. The van der Waals surface area contributed by atoms with Gasteiger partial charge in [0.25, 0.3) is 5.56 Å². The number of allylic oxidation sites excluding steroid dienone is 1. The molecule has 3 rings (SSSR count). The van der Waals surface area contributed by atoms with Crippen LogP contribution in [-0.2, 0) is 18.1 Å². The molecule has 180 valence electrons. The number of H-pyrrole nitrogens is 1. The number of halogens is 3. The van der Waals surface area contributed by atoms with Gasteiger partial charge in [-0.2, -0.15) is 13.2 Å². The summed E-state index contributed by atoms with van der Waals surface area (Å²) in [5.41, 5.74) is -1.45. The molecule has 0 amide bonds. The van der Waals surface area contributed by atoms with E-state index < -0.39 is 28.5 Å². The molecule has 33 heavy (non-hydrogen) atoms. The lowest BCUT2D eigenvalue weighted by Gasteiger charge is -2.35. The summed E-state index contributed by atoms with van der Waals surface area (Å²) >= 11 is 0. The number of anilines is 1. The zero-order valence-electron chi connectivity index (χ0n) is 19.2. The lowest BCUT2D eigenvalue weighted by atomic mass is 9.95. The van der Waals surface area contributed by atoms with Crippen LogP contribution in [0.1, 0.15) is 39.2 Å². The molecule has 1 saturated heterocycles. The number of rotatable bonds is 5. The number of piperazine rings is 1. The smallest absolute Gasteiger partial charge is 0.354 e. The van der Waals surface area contributed by atoms with Crippen molar-refractivity contribution in [2.45, 2.75) is 45.8 Å². The van der Waals surface area contributed by atoms with E-state index in [1.807, 2.05) is 17.9 Å². The zero-order chi connectivity index (χ0) is 24.4. The Hall–Kier alpha value is -2.95. The van der Waals surface area contributed by atoms with Gasteiger partial charge in [-0.05, 0) is 6.92 Å². The molecule has 1 N–H and O–H groups in total. The third kappa shape index (κ3) is 6.53. The Balaban J connectivity index is 1.64. The highest BCUT2D eigenvalue weighted by Crippen LogP contribution is 2.32. The summed E-state index contributed by atoms with van der Waals surface area (Å²) in [4.78, 5) is 37.4. The maximum atomic E-state index is 13.4. The topological polar surface area (TPSA) is 87.1 Å². The Morgan fingerprint density at radius 2 is 1.79 bits per heavy atom. The maximum Gasteiger partial charge on any atom is 0.433 e. The van der Waals surface area contributed by atoms with Crippen molar-refractivity contribution in [1.82, 2.24) is 24.4 Å². The average molecular weight is 467 g/mol. The third-order valence-corrected chi connectivity index (χ3v) is 5.38. The molecule has 2 aromatic rings. The van der Waals surface area contributed by atoms with Gasteiger partial charge in [0.2, 0.25) is 0 Å². The summed E-state index contributed by atoms with van der Waals surface area (Å²) < 4.78 is 41.6. The van der Waals surface area contributed by atoms with E-state index in [1.165, 1.54) is 16.8 Å². The molecule has 0 aromatic carbocycles. The van der Waals surface area contributed by atoms with Crippen molar-refractivity contribution >= 4 is 5.82 Å². The fraction of sp³-hybridized carbons (Fsp3) is 0.545. The summed E-state index contributed by atoms with van der Waals surface area (Å²) in [7, 11) is 0. The van der Waals surface area contributed by atoms with Gasteiger partial charge in [0.15, 0.2) is 0 Å². The molecule has 8 nitrogen and oxygen atoms in total. The number of alkyl halides is 3. The van der Waals surface area contributed by atoms with E-state index in [-0.39, 0.29) is 5.82 Å². The van der Waals surface area contributed by atoms with E-state index in [0.29, 0.717) is 45.1 Å². The molecule has 0 spiro atoms. The lowest BCUT2D eigenvalue weighted by molar-refractivity contribution is -0.141. The van der Waals surface area contributed by atoms with Crippen LogP contribution in [0.2, 0.25) is 0 Å². The first-order chi connectivity index (χ1) is 15.3. The molecule has 1 aliphatic rings. The molecule has 1 aliphatic heterocycles. The normalized spacial score (nSPS) is 16.3.